The van der Waals surface area contributed by atoms with Crippen LogP contribution < -0.4 is 9.80 Å². The van der Waals surface area contributed by atoms with E-state index in [0.717, 1.165) is 58.4 Å². The number of carbonyl (C=O) groups excluding carboxylic acids is 1. The Labute approximate surface area is 298 Å². The van der Waals surface area contributed by atoms with Gasteiger partial charge < -0.3 is 18.9 Å². The molecule has 0 radical (unpaired) electrons. The van der Waals surface area contributed by atoms with Gasteiger partial charge >= 0.3 is 0 Å². The first-order chi connectivity index (χ1) is 25.7. The van der Waals surface area contributed by atoms with E-state index in [4.69, 9.17) is 0 Å². The number of ketones is 1. The second-order valence-electron chi connectivity index (χ2n) is 13.1. The molecule has 52 heavy (non-hydrogen) atoms. The Hall–Kier alpha value is -7.01. The van der Waals surface area contributed by atoms with E-state index in [2.05, 4.69) is 147 Å². The maximum absolute atomic E-state index is 15.4. The average Bonchev–Trinajstić information content (AvgIpc) is 4.02. The number of aromatic nitrogens is 8. The summed E-state index contributed by atoms with van der Waals surface area (Å²) in [5.74, 6) is 1.17. The fourth-order valence-corrected chi connectivity index (χ4v) is 7.62. The fraction of sp³-hybridized carbons (Fsp3) is 0.0976. The second kappa shape index (κ2) is 12.1. The smallest absolute Gasteiger partial charge is 0.197 e. The van der Waals surface area contributed by atoms with Crippen LogP contribution in [0.3, 0.4) is 0 Å². The highest BCUT2D eigenvalue weighted by atomic mass is 16.1. The van der Waals surface area contributed by atoms with Gasteiger partial charge in [0.1, 0.15) is 12.7 Å². The molecule has 0 atom stereocenters. The topological polar surface area (TPSA) is 117 Å². The Bertz CT molecular complexity index is 2400. The van der Waals surface area contributed by atoms with Crippen molar-refractivity contribution >= 4 is 28.5 Å². The number of rotatable bonds is 6. The van der Waals surface area contributed by atoms with Crippen molar-refractivity contribution in [3.05, 3.63) is 168 Å². The highest BCUT2D eigenvalue weighted by Crippen LogP contribution is 2.42. The Morgan fingerprint density at radius 1 is 0.519 bits per heavy atom. The number of hydrogen-bond donors (Lipinski definition) is 2. The number of nitrogens with zero attached hydrogens (tertiary/aromatic N) is 8. The third-order valence-electron chi connectivity index (χ3n) is 10.2. The van der Waals surface area contributed by atoms with E-state index in [1.165, 1.54) is 23.8 Å². The zero-order chi connectivity index (χ0) is 34.6. The lowest BCUT2D eigenvalue weighted by Crippen LogP contribution is -2.22. The highest BCUT2D eigenvalue weighted by molar-refractivity contribution is 6.16. The summed E-state index contributed by atoms with van der Waals surface area (Å²) in [5, 5.41) is 14.2. The van der Waals surface area contributed by atoms with Gasteiger partial charge in [-0.1, -0.05) is 48.5 Å². The lowest BCUT2D eigenvalue weighted by atomic mass is 9.95. The normalized spacial score (nSPS) is 13.5. The van der Waals surface area contributed by atoms with Gasteiger partial charge in [0.15, 0.2) is 17.4 Å². The van der Waals surface area contributed by atoms with Gasteiger partial charge in [-0.15, -0.1) is 0 Å². The van der Waals surface area contributed by atoms with Crippen molar-refractivity contribution in [2.24, 2.45) is 0 Å². The minimum atomic E-state index is -0.0903. The molecule has 4 aromatic carbocycles. The minimum Gasteiger partial charge on any atom is -0.345 e. The number of aromatic amines is 2. The first-order valence-electron chi connectivity index (χ1n) is 17.2. The van der Waals surface area contributed by atoms with Gasteiger partial charge in [-0.3, -0.25) is 15.0 Å². The number of hydrogen-bond acceptors (Lipinski definition) is 7. The van der Waals surface area contributed by atoms with Gasteiger partial charge in [0.05, 0.1) is 24.5 Å². The van der Waals surface area contributed by atoms with Crippen molar-refractivity contribution in [1.82, 2.24) is 39.5 Å². The molecule has 2 aliphatic rings. The quantitative estimate of drug-likeness (QED) is 0.175. The third kappa shape index (κ3) is 5.01. The number of anilines is 4. The van der Waals surface area contributed by atoms with Crippen LogP contribution >= 0.6 is 0 Å². The van der Waals surface area contributed by atoms with Crippen LogP contribution in [0.15, 0.2) is 134 Å². The summed E-state index contributed by atoms with van der Waals surface area (Å²) in [4.78, 5) is 28.8. The van der Waals surface area contributed by atoms with Gasteiger partial charge in [-0.05, 0) is 71.8 Å². The summed E-state index contributed by atoms with van der Waals surface area (Å²) in [7, 11) is 0. The molecule has 8 aromatic rings. The molecule has 0 spiro atoms. The molecule has 10 rings (SSSR count). The minimum absolute atomic E-state index is 0.0903. The summed E-state index contributed by atoms with van der Waals surface area (Å²) in [6.07, 6.45) is 7.23. The number of H-pyrrole nitrogens is 2. The number of benzene rings is 4. The Kier molecular flexibility index (Phi) is 6.95. The predicted molar refractivity (Wildman–Crippen MR) is 199 cm³/mol. The first-order valence-corrected chi connectivity index (χ1v) is 17.2. The van der Waals surface area contributed by atoms with Crippen LogP contribution in [-0.2, 0) is 26.2 Å². The van der Waals surface area contributed by atoms with E-state index >= 15 is 4.79 Å². The molecule has 6 heterocycles. The number of carbonyl (C=O) groups is 1. The Morgan fingerprint density at radius 2 is 1.00 bits per heavy atom. The van der Waals surface area contributed by atoms with Crippen molar-refractivity contribution in [3.63, 3.8) is 0 Å². The molecule has 0 bridgehead atoms. The maximum atomic E-state index is 15.4. The first kappa shape index (κ1) is 29.9. The Balaban J connectivity index is 1.18. The largest absolute Gasteiger partial charge is 0.345 e. The molecule has 252 valence electrons. The van der Waals surface area contributed by atoms with Crippen molar-refractivity contribution in [1.29, 1.82) is 0 Å². The van der Waals surface area contributed by atoms with Gasteiger partial charge in [0.2, 0.25) is 0 Å². The molecule has 4 aromatic heterocycles. The number of para-hydroxylation sites is 2. The van der Waals surface area contributed by atoms with Crippen LogP contribution in [-0.4, -0.2) is 45.3 Å². The molecular weight excluding hydrogens is 649 g/mol. The third-order valence-corrected chi connectivity index (χ3v) is 10.2. The average molecular weight is 681 g/mol. The molecule has 11 heteroatoms. The Morgan fingerprint density at radius 3 is 1.46 bits per heavy atom. The zero-order valence-corrected chi connectivity index (χ0v) is 28.0. The molecule has 2 aliphatic heterocycles. The van der Waals surface area contributed by atoms with Gasteiger partial charge in [0, 0.05) is 70.5 Å². The van der Waals surface area contributed by atoms with E-state index < -0.39 is 0 Å². The van der Waals surface area contributed by atoms with Crippen molar-refractivity contribution in [2.45, 2.75) is 26.2 Å². The summed E-state index contributed by atoms with van der Waals surface area (Å²) in [6, 6.07) is 37.2. The fourth-order valence-electron chi connectivity index (χ4n) is 7.62. The summed E-state index contributed by atoms with van der Waals surface area (Å²) >= 11 is 0. The summed E-state index contributed by atoms with van der Waals surface area (Å²) in [6.45, 7) is 2.64. The van der Waals surface area contributed by atoms with Crippen LogP contribution in [0.25, 0.3) is 22.8 Å². The maximum Gasteiger partial charge on any atom is 0.197 e. The second-order valence-corrected chi connectivity index (χ2v) is 13.1. The molecule has 11 nitrogen and oxygen atoms in total. The van der Waals surface area contributed by atoms with E-state index in [0.29, 0.717) is 35.9 Å². The van der Waals surface area contributed by atoms with Crippen LogP contribution in [0, 0.1) is 0 Å². The van der Waals surface area contributed by atoms with Crippen LogP contribution in [0.2, 0.25) is 0 Å². The molecule has 0 unspecified atom stereocenters. The SMILES string of the molecule is O=C(c1ccc(-c2ncn[nH]2)cc1N1Cc2cccn2Cc2ccccc21)c1ccc(-c2ncn[nH]2)cc1N1Cc2cccn2Cc2ccccc21. The van der Waals surface area contributed by atoms with E-state index in [1.54, 1.807) is 0 Å². The van der Waals surface area contributed by atoms with Crippen molar-refractivity contribution < 1.29 is 4.79 Å². The lowest BCUT2D eigenvalue weighted by Gasteiger charge is -2.29. The van der Waals surface area contributed by atoms with Gasteiger partial charge in [0.25, 0.3) is 0 Å². The predicted octanol–water partition coefficient (Wildman–Crippen LogP) is 7.49. The van der Waals surface area contributed by atoms with E-state index in [-0.39, 0.29) is 5.78 Å². The summed E-state index contributed by atoms with van der Waals surface area (Å²) in [5.41, 5.74) is 11.2. The molecule has 0 saturated carbocycles. The van der Waals surface area contributed by atoms with Crippen LogP contribution in [0.1, 0.15) is 38.4 Å². The molecular formula is C41H32N10O. The van der Waals surface area contributed by atoms with Crippen LogP contribution in [0.4, 0.5) is 22.7 Å². The lowest BCUT2D eigenvalue weighted by molar-refractivity contribution is 0.103. The van der Waals surface area contributed by atoms with Gasteiger partial charge in [-0.25, -0.2) is 9.97 Å². The van der Waals surface area contributed by atoms with Crippen molar-refractivity contribution in [2.75, 3.05) is 9.80 Å². The highest BCUT2D eigenvalue weighted by Gasteiger charge is 2.29. The monoisotopic (exact) mass is 680 g/mol. The standard InChI is InChI=1S/C41H32N10O/c52-39(33-15-13-27(40-42-25-44-46-40)19-37(33)50-23-31-9-5-17-48(31)21-29-7-1-3-11-35(29)50)34-16-14-28(41-43-26-45-47-41)20-38(34)51-24-32-10-6-18-49(32)22-30-8-2-4-12-36(30)51/h1-20,25-26H,21-24H2,(H,42,44,46)(H,43,45,47). The molecule has 2 N–H and O–H groups in total. The number of fused-ring (bicyclic) bond motifs is 4. The summed E-state index contributed by atoms with van der Waals surface area (Å²) < 4.78 is 4.54. The van der Waals surface area contributed by atoms with Crippen LogP contribution in [0.5, 0.6) is 0 Å². The van der Waals surface area contributed by atoms with Gasteiger partial charge in [-0.2, -0.15) is 10.2 Å². The van der Waals surface area contributed by atoms with E-state index in [1.807, 2.05) is 24.3 Å². The molecule has 0 amide bonds. The van der Waals surface area contributed by atoms with E-state index in [9.17, 15) is 0 Å². The molecule has 0 saturated heterocycles. The van der Waals surface area contributed by atoms with Crippen molar-refractivity contribution in [3.8, 4) is 22.8 Å². The zero-order valence-electron chi connectivity index (χ0n) is 28.0. The molecule has 0 fully saturated rings. The molecule has 0 aliphatic carbocycles. The number of nitrogens with one attached hydrogen (secondary N) is 2.